The number of hydrogen-bond donors (Lipinski definition) is 0. The molecule has 3 aliphatic rings. The molecule has 0 unspecified atom stereocenters. The highest BCUT2D eigenvalue weighted by atomic mass is 16.7. The van der Waals surface area contributed by atoms with Gasteiger partial charge in [0.15, 0.2) is 11.5 Å². The summed E-state index contributed by atoms with van der Waals surface area (Å²) in [6.07, 6.45) is 3.23. The van der Waals surface area contributed by atoms with Gasteiger partial charge in [0.05, 0.1) is 12.1 Å². The van der Waals surface area contributed by atoms with Crippen LogP contribution in [-0.4, -0.2) is 41.5 Å². The number of nitrogens with zero attached hydrogens (tertiary/aromatic N) is 2. The lowest BCUT2D eigenvalue weighted by molar-refractivity contribution is -0.138. The summed E-state index contributed by atoms with van der Waals surface area (Å²) in [6, 6.07) is 11.6. The average Bonchev–Trinajstić information content (AvgIpc) is 3.32. The SMILES string of the molecule is Cc1ccc(C2=C(N3CCCCC3)C(=O)N(Cc3ccc4c(c3)OCO4)C2=O)c(C)c1. The van der Waals surface area contributed by atoms with E-state index in [4.69, 9.17) is 9.47 Å². The van der Waals surface area contributed by atoms with Gasteiger partial charge in [-0.3, -0.25) is 14.5 Å². The Balaban J connectivity index is 1.53. The standard InChI is InChI=1S/C25H26N2O4/c1-16-6-8-19(17(2)12-16)22-23(26-10-4-3-5-11-26)25(29)27(24(22)28)14-18-7-9-20-21(13-18)31-15-30-20/h6-9,12-13H,3-5,10-11,14-15H2,1-2H3. The number of piperidine rings is 1. The van der Waals surface area contributed by atoms with Crippen LogP contribution in [0.25, 0.3) is 5.57 Å². The van der Waals surface area contributed by atoms with E-state index < -0.39 is 0 Å². The van der Waals surface area contributed by atoms with Crippen LogP contribution < -0.4 is 9.47 Å². The summed E-state index contributed by atoms with van der Waals surface area (Å²) in [5, 5.41) is 0. The van der Waals surface area contributed by atoms with Gasteiger partial charge in [0.1, 0.15) is 5.70 Å². The maximum absolute atomic E-state index is 13.6. The van der Waals surface area contributed by atoms with Gasteiger partial charge in [0.2, 0.25) is 6.79 Å². The quantitative estimate of drug-likeness (QED) is 0.707. The lowest BCUT2D eigenvalue weighted by Gasteiger charge is -2.29. The molecular formula is C25H26N2O4. The Morgan fingerprint density at radius 3 is 2.42 bits per heavy atom. The number of ether oxygens (including phenoxy) is 2. The zero-order chi connectivity index (χ0) is 21.5. The van der Waals surface area contributed by atoms with Gasteiger partial charge in [-0.05, 0) is 61.9 Å². The second-order valence-electron chi connectivity index (χ2n) is 8.47. The van der Waals surface area contributed by atoms with Crippen LogP contribution in [0.5, 0.6) is 11.5 Å². The summed E-state index contributed by atoms with van der Waals surface area (Å²) >= 11 is 0. The van der Waals surface area contributed by atoms with Crippen molar-refractivity contribution >= 4 is 17.4 Å². The first-order chi connectivity index (χ1) is 15.0. The Hall–Kier alpha value is -3.28. The Kier molecular flexibility index (Phi) is 4.93. The van der Waals surface area contributed by atoms with E-state index >= 15 is 0 Å². The zero-order valence-corrected chi connectivity index (χ0v) is 17.9. The number of amides is 2. The molecule has 6 heteroatoms. The van der Waals surface area contributed by atoms with E-state index in [0.717, 1.165) is 54.6 Å². The second kappa shape index (κ2) is 7.76. The van der Waals surface area contributed by atoms with Crippen LogP contribution in [0, 0.1) is 13.8 Å². The molecule has 31 heavy (non-hydrogen) atoms. The number of benzene rings is 2. The molecule has 1 saturated heterocycles. The predicted octanol–water partition coefficient (Wildman–Crippen LogP) is 3.80. The third kappa shape index (κ3) is 3.46. The summed E-state index contributed by atoms with van der Waals surface area (Å²) in [5.41, 5.74) is 4.91. The van der Waals surface area contributed by atoms with E-state index in [1.165, 1.54) is 4.90 Å². The summed E-state index contributed by atoms with van der Waals surface area (Å²) < 4.78 is 10.8. The molecule has 3 aliphatic heterocycles. The van der Waals surface area contributed by atoms with Crippen molar-refractivity contribution in [3.05, 3.63) is 64.3 Å². The molecule has 0 radical (unpaired) electrons. The summed E-state index contributed by atoms with van der Waals surface area (Å²) in [4.78, 5) is 30.7. The van der Waals surface area contributed by atoms with Crippen LogP contribution >= 0.6 is 0 Å². The number of imide groups is 1. The summed E-state index contributed by atoms with van der Waals surface area (Å²) in [6.45, 7) is 6.05. The van der Waals surface area contributed by atoms with E-state index in [1.54, 1.807) is 0 Å². The molecule has 0 bridgehead atoms. The minimum absolute atomic E-state index is 0.192. The van der Waals surface area contributed by atoms with Crippen LogP contribution in [-0.2, 0) is 16.1 Å². The Bertz CT molecular complexity index is 1100. The predicted molar refractivity (Wildman–Crippen MR) is 116 cm³/mol. The van der Waals surface area contributed by atoms with E-state index in [0.29, 0.717) is 22.8 Å². The van der Waals surface area contributed by atoms with Gasteiger partial charge in [-0.1, -0.05) is 29.8 Å². The maximum Gasteiger partial charge on any atom is 0.278 e. The second-order valence-corrected chi connectivity index (χ2v) is 8.47. The number of fused-ring (bicyclic) bond motifs is 1. The Morgan fingerprint density at radius 2 is 1.65 bits per heavy atom. The molecule has 0 spiro atoms. The van der Waals surface area contributed by atoms with Gasteiger partial charge in [-0.15, -0.1) is 0 Å². The largest absolute Gasteiger partial charge is 0.454 e. The molecule has 0 N–H and O–H groups in total. The van der Waals surface area contributed by atoms with Crippen LogP contribution in [0.15, 0.2) is 42.1 Å². The van der Waals surface area contributed by atoms with Crippen molar-refractivity contribution in [2.24, 2.45) is 0 Å². The summed E-state index contributed by atoms with van der Waals surface area (Å²) in [5.74, 6) is 0.899. The molecule has 5 rings (SSSR count). The van der Waals surface area contributed by atoms with E-state index in [9.17, 15) is 9.59 Å². The van der Waals surface area contributed by atoms with E-state index in [2.05, 4.69) is 11.0 Å². The molecule has 0 saturated carbocycles. The van der Waals surface area contributed by atoms with Crippen LogP contribution in [0.3, 0.4) is 0 Å². The topological polar surface area (TPSA) is 59.1 Å². The minimum Gasteiger partial charge on any atom is -0.454 e. The van der Waals surface area contributed by atoms with Crippen molar-refractivity contribution < 1.29 is 19.1 Å². The fraction of sp³-hybridized carbons (Fsp3) is 0.360. The van der Waals surface area contributed by atoms with Crippen molar-refractivity contribution in [1.29, 1.82) is 0 Å². The first-order valence-corrected chi connectivity index (χ1v) is 10.8. The molecular weight excluding hydrogens is 392 g/mol. The number of carbonyl (C=O) groups is 2. The van der Waals surface area contributed by atoms with Crippen LogP contribution in [0.2, 0.25) is 0 Å². The molecule has 160 valence electrons. The highest BCUT2D eigenvalue weighted by molar-refractivity contribution is 6.35. The fourth-order valence-electron chi connectivity index (χ4n) is 4.68. The number of rotatable bonds is 4. The minimum atomic E-state index is -0.227. The van der Waals surface area contributed by atoms with Crippen molar-refractivity contribution in [1.82, 2.24) is 9.80 Å². The van der Waals surface area contributed by atoms with E-state index in [1.807, 2.05) is 44.2 Å². The van der Waals surface area contributed by atoms with Gasteiger partial charge in [-0.2, -0.15) is 0 Å². The molecule has 0 atom stereocenters. The first-order valence-electron chi connectivity index (χ1n) is 10.8. The van der Waals surface area contributed by atoms with Crippen molar-refractivity contribution in [2.75, 3.05) is 19.9 Å². The third-order valence-electron chi connectivity index (χ3n) is 6.24. The number of hydrogen-bond acceptors (Lipinski definition) is 5. The molecule has 2 amide bonds. The third-order valence-corrected chi connectivity index (χ3v) is 6.24. The number of carbonyl (C=O) groups excluding carboxylic acids is 2. The zero-order valence-electron chi connectivity index (χ0n) is 17.9. The molecule has 0 aromatic heterocycles. The first kappa shape index (κ1) is 19.7. The van der Waals surface area contributed by atoms with E-state index in [-0.39, 0.29) is 25.2 Å². The molecule has 2 aromatic carbocycles. The van der Waals surface area contributed by atoms with Crippen molar-refractivity contribution in [3.8, 4) is 11.5 Å². The number of likely N-dealkylation sites (tertiary alicyclic amines) is 1. The normalized spacial score (nSPS) is 18.4. The summed E-state index contributed by atoms with van der Waals surface area (Å²) in [7, 11) is 0. The lowest BCUT2D eigenvalue weighted by Crippen LogP contribution is -2.36. The van der Waals surface area contributed by atoms with Crippen molar-refractivity contribution in [2.45, 2.75) is 39.7 Å². The lowest BCUT2D eigenvalue weighted by atomic mass is 9.97. The monoisotopic (exact) mass is 418 g/mol. The van der Waals surface area contributed by atoms with Gasteiger partial charge in [0.25, 0.3) is 11.8 Å². The molecule has 1 fully saturated rings. The van der Waals surface area contributed by atoms with Gasteiger partial charge >= 0.3 is 0 Å². The maximum atomic E-state index is 13.6. The smallest absolute Gasteiger partial charge is 0.278 e. The molecule has 3 heterocycles. The van der Waals surface area contributed by atoms with Gasteiger partial charge in [0, 0.05) is 13.1 Å². The van der Waals surface area contributed by atoms with Gasteiger partial charge in [-0.25, -0.2) is 0 Å². The fourth-order valence-corrected chi connectivity index (χ4v) is 4.68. The highest BCUT2D eigenvalue weighted by Crippen LogP contribution is 2.37. The van der Waals surface area contributed by atoms with Crippen LogP contribution in [0.4, 0.5) is 0 Å². The molecule has 2 aromatic rings. The number of aryl methyl sites for hydroxylation is 2. The highest BCUT2D eigenvalue weighted by Gasteiger charge is 2.42. The molecule has 0 aliphatic carbocycles. The Morgan fingerprint density at radius 1 is 0.871 bits per heavy atom. The van der Waals surface area contributed by atoms with Gasteiger partial charge < -0.3 is 14.4 Å². The van der Waals surface area contributed by atoms with Crippen LogP contribution in [0.1, 0.15) is 41.5 Å². The van der Waals surface area contributed by atoms with Crippen molar-refractivity contribution in [3.63, 3.8) is 0 Å². The molecule has 6 nitrogen and oxygen atoms in total. The Labute approximate surface area is 182 Å². The average molecular weight is 418 g/mol.